The van der Waals surface area contributed by atoms with Crippen molar-refractivity contribution in [3.8, 4) is 6.07 Å². The molecule has 0 radical (unpaired) electrons. The summed E-state index contributed by atoms with van der Waals surface area (Å²) in [7, 11) is 0. The summed E-state index contributed by atoms with van der Waals surface area (Å²) >= 11 is 1.21. The first-order valence-electron chi connectivity index (χ1n) is 9.29. The van der Waals surface area contributed by atoms with E-state index in [9.17, 15) is 14.9 Å². The number of carbonyl (C=O) groups excluding carboxylic acids is 2. The second-order valence-electron chi connectivity index (χ2n) is 6.68. The third-order valence-electron chi connectivity index (χ3n) is 4.58. The molecule has 28 heavy (non-hydrogen) atoms. The Hall–Kier alpha value is -2.85. The molecule has 1 aromatic heterocycles. The first kappa shape index (κ1) is 19.9. The van der Waals surface area contributed by atoms with Gasteiger partial charge in [0.15, 0.2) is 0 Å². The van der Waals surface area contributed by atoms with Crippen molar-refractivity contribution < 1.29 is 9.59 Å². The zero-order valence-corrected chi connectivity index (χ0v) is 16.5. The van der Waals surface area contributed by atoms with E-state index in [1.165, 1.54) is 11.8 Å². The van der Waals surface area contributed by atoms with Gasteiger partial charge in [-0.1, -0.05) is 42.1 Å². The number of nitrogens with one attached hydrogen (secondary N) is 2. The number of thioether (sulfide) groups is 1. The molecule has 2 aromatic rings. The molecule has 1 heterocycles. The molecule has 0 spiro atoms. The fraction of sp³-hybridized carbons (Fsp3) is 0.333. The number of nitriles is 1. The van der Waals surface area contributed by atoms with Crippen LogP contribution < -0.4 is 10.6 Å². The van der Waals surface area contributed by atoms with Crippen LogP contribution in [0.3, 0.4) is 0 Å². The molecule has 1 unspecified atom stereocenters. The number of hydrogen-bond donors (Lipinski definition) is 2. The Morgan fingerprint density at radius 3 is 2.75 bits per heavy atom. The maximum atomic E-state index is 12.4. The van der Waals surface area contributed by atoms with Gasteiger partial charge in [0.05, 0.1) is 10.8 Å². The molecule has 0 aliphatic heterocycles. The molecule has 1 atom stereocenters. The van der Waals surface area contributed by atoms with Gasteiger partial charge in [-0.3, -0.25) is 10.1 Å². The summed E-state index contributed by atoms with van der Waals surface area (Å²) in [5, 5.41) is 14.4. The van der Waals surface area contributed by atoms with E-state index in [1.54, 1.807) is 6.92 Å². The summed E-state index contributed by atoms with van der Waals surface area (Å²) in [6.45, 7) is 2.04. The maximum absolute atomic E-state index is 12.4. The quantitative estimate of drug-likeness (QED) is 0.759. The Labute approximate surface area is 168 Å². The second kappa shape index (κ2) is 9.38. The average Bonchev–Trinajstić information content (AvgIpc) is 2.72. The van der Waals surface area contributed by atoms with Crippen molar-refractivity contribution in [2.24, 2.45) is 0 Å². The first-order valence-corrected chi connectivity index (χ1v) is 10.2. The molecule has 2 N–H and O–H groups in total. The van der Waals surface area contributed by atoms with Crippen molar-refractivity contribution in [2.75, 3.05) is 0 Å². The number of carbonyl (C=O) groups is 2. The number of aryl methyl sites for hydroxylation is 2. The molecule has 6 nitrogen and oxygen atoms in total. The van der Waals surface area contributed by atoms with E-state index in [-0.39, 0.29) is 0 Å². The van der Waals surface area contributed by atoms with Crippen LogP contribution >= 0.6 is 11.8 Å². The highest BCUT2D eigenvalue weighted by molar-refractivity contribution is 8.00. The maximum Gasteiger partial charge on any atom is 0.321 e. The number of hydrogen-bond acceptors (Lipinski definition) is 5. The van der Waals surface area contributed by atoms with Crippen molar-refractivity contribution in [2.45, 2.75) is 49.4 Å². The lowest BCUT2D eigenvalue weighted by atomic mass is 9.95. The number of nitrogens with zero attached hydrogens (tertiary/aromatic N) is 2. The van der Waals surface area contributed by atoms with E-state index in [1.807, 2.05) is 36.4 Å². The molecule has 0 bridgehead atoms. The van der Waals surface area contributed by atoms with Crippen LogP contribution in [0.1, 0.15) is 42.1 Å². The zero-order valence-electron chi connectivity index (χ0n) is 15.7. The van der Waals surface area contributed by atoms with Crippen molar-refractivity contribution >= 4 is 23.7 Å². The summed E-state index contributed by atoms with van der Waals surface area (Å²) in [4.78, 5) is 29.0. The van der Waals surface area contributed by atoms with Crippen molar-refractivity contribution in [3.05, 3.63) is 58.8 Å². The lowest BCUT2D eigenvalue weighted by Gasteiger charge is -2.18. The Morgan fingerprint density at radius 2 is 2.00 bits per heavy atom. The number of urea groups is 1. The smallest absolute Gasteiger partial charge is 0.321 e. The Kier molecular flexibility index (Phi) is 6.66. The van der Waals surface area contributed by atoms with Crippen molar-refractivity contribution in [1.82, 2.24) is 15.6 Å². The minimum atomic E-state index is -0.552. The normalized spacial score (nSPS) is 13.7. The van der Waals surface area contributed by atoms with Gasteiger partial charge in [0.25, 0.3) is 0 Å². The average molecular weight is 394 g/mol. The van der Waals surface area contributed by atoms with Crippen LogP contribution in [-0.4, -0.2) is 22.2 Å². The van der Waals surface area contributed by atoms with Crippen LogP contribution in [0.15, 0.2) is 41.4 Å². The highest BCUT2D eigenvalue weighted by atomic mass is 32.2. The topological polar surface area (TPSA) is 94.9 Å². The molecule has 144 valence electrons. The van der Waals surface area contributed by atoms with Crippen LogP contribution in [0.5, 0.6) is 0 Å². The van der Waals surface area contributed by atoms with Crippen molar-refractivity contribution in [1.29, 1.82) is 5.26 Å². The Balaban J connectivity index is 1.58. The van der Waals surface area contributed by atoms with Gasteiger partial charge in [-0.2, -0.15) is 5.26 Å². The lowest BCUT2D eigenvalue weighted by Crippen LogP contribution is -2.42. The second-order valence-corrected chi connectivity index (χ2v) is 8.01. The molecular formula is C21H22N4O2S. The molecule has 0 saturated heterocycles. The summed E-state index contributed by atoms with van der Waals surface area (Å²) < 4.78 is 0. The summed E-state index contributed by atoms with van der Waals surface area (Å²) in [6.07, 6.45) is 4.05. The molecule has 0 saturated carbocycles. The van der Waals surface area contributed by atoms with Gasteiger partial charge in [-0.15, -0.1) is 0 Å². The Morgan fingerprint density at radius 1 is 1.25 bits per heavy atom. The third kappa shape index (κ3) is 5.11. The number of benzene rings is 1. The highest BCUT2D eigenvalue weighted by Crippen LogP contribution is 2.29. The minimum absolute atomic E-state index is 0.340. The van der Waals surface area contributed by atoms with E-state index in [0.29, 0.717) is 17.1 Å². The number of aromatic nitrogens is 1. The number of rotatable bonds is 5. The lowest BCUT2D eigenvalue weighted by molar-refractivity contribution is -0.119. The molecule has 1 aliphatic rings. The van der Waals surface area contributed by atoms with Gasteiger partial charge in [0, 0.05) is 12.2 Å². The van der Waals surface area contributed by atoms with Gasteiger partial charge in [0.1, 0.15) is 11.1 Å². The van der Waals surface area contributed by atoms with Crippen molar-refractivity contribution in [3.63, 3.8) is 0 Å². The monoisotopic (exact) mass is 394 g/mol. The van der Waals surface area contributed by atoms with Gasteiger partial charge >= 0.3 is 6.03 Å². The van der Waals surface area contributed by atoms with E-state index >= 15 is 0 Å². The molecule has 1 aliphatic carbocycles. The predicted molar refractivity (Wildman–Crippen MR) is 108 cm³/mol. The zero-order chi connectivity index (χ0) is 19.9. The van der Waals surface area contributed by atoms with E-state index in [2.05, 4.69) is 21.7 Å². The van der Waals surface area contributed by atoms with E-state index in [0.717, 1.165) is 42.5 Å². The molecular weight excluding hydrogens is 372 g/mol. The fourth-order valence-corrected chi connectivity index (χ4v) is 3.94. The van der Waals surface area contributed by atoms with E-state index in [4.69, 9.17) is 0 Å². The molecule has 1 aromatic carbocycles. The number of pyridine rings is 1. The van der Waals surface area contributed by atoms with Gasteiger partial charge < -0.3 is 5.32 Å². The molecule has 3 amide bonds. The van der Waals surface area contributed by atoms with E-state index < -0.39 is 17.2 Å². The summed E-state index contributed by atoms with van der Waals surface area (Å²) in [5.41, 5.74) is 3.58. The Bertz CT molecular complexity index is 909. The fourth-order valence-electron chi connectivity index (χ4n) is 3.04. The summed E-state index contributed by atoms with van der Waals surface area (Å²) in [6, 6.07) is 13.0. The predicted octanol–water partition coefficient (Wildman–Crippen LogP) is 3.34. The number of fused-ring (bicyclic) bond motifs is 1. The van der Waals surface area contributed by atoms with Gasteiger partial charge in [-0.25, -0.2) is 9.78 Å². The summed E-state index contributed by atoms with van der Waals surface area (Å²) in [5.74, 6) is -0.418. The molecule has 7 heteroatoms. The highest BCUT2D eigenvalue weighted by Gasteiger charge is 2.21. The molecule has 0 fully saturated rings. The van der Waals surface area contributed by atoms with Crippen LogP contribution in [0.4, 0.5) is 4.79 Å². The van der Waals surface area contributed by atoms with Crippen LogP contribution in [0, 0.1) is 11.3 Å². The first-order chi connectivity index (χ1) is 13.6. The third-order valence-corrected chi connectivity index (χ3v) is 5.68. The standard InChI is InChI=1S/C21H22N4O2S/c1-14(19(26)25-21(27)23-13-15-7-3-2-4-8-15)28-20-17(12-22)11-16-9-5-6-10-18(16)24-20/h2-4,7-8,11,14H,5-6,9-10,13H2,1H3,(H2,23,25,26,27). The largest absolute Gasteiger partial charge is 0.334 e. The number of imide groups is 1. The van der Waals surface area contributed by atoms with Gasteiger partial charge in [0.2, 0.25) is 5.91 Å². The molecule has 3 rings (SSSR count). The number of amides is 3. The van der Waals surface area contributed by atoms with Gasteiger partial charge in [-0.05, 0) is 49.8 Å². The minimum Gasteiger partial charge on any atom is -0.334 e. The van der Waals surface area contributed by atoms with Crippen LogP contribution in [-0.2, 0) is 24.2 Å². The van der Waals surface area contributed by atoms with Crippen LogP contribution in [0.2, 0.25) is 0 Å². The SMILES string of the molecule is CC(Sc1nc2c(cc1C#N)CCCC2)C(=O)NC(=O)NCc1ccccc1. The van der Waals surface area contributed by atoms with Crippen LogP contribution in [0.25, 0.3) is 0 Å².